The maximum absolute atomic E-state index is 7.33. The van der Waals surface area contributed by atoms with Crippen LogP contribution in [0.25, 0.3) is 0 Å². The Bertz CT molecular complexity index is 1460. The maximum atomic E-state index is 7.33. The van der Waals surface area contributed by atoms with Crippen molar-refractivity contribution >= 4 is 216 Å². The molecule has 10 nitrogen and oxygen atoms in total. The Morgan fingerprint density at radius 2 is 0.388 bits per heavy atom. The lowest BCUT2D eigenvalue weighted by atomic mass is 10.6. The highest BCUT2D eigenvalue weighted by Crippen LogP contribution is 2.25. The van der Waals surface area contributed by atoms with Crippen LogP contribution in [-0.4, -0.2) is 180 Å². The Balaban J connectivity index is -0.000000114. The molecule has 0 heterocycles. The lowest BCUT2D eigenvalue weighted by Crippen LogP contribution is -1.99. The summed E-state index contributed by atoms with van der Waals surface area (Å²) in [4.78, 5) is 0. The lowest BCUT2D eigenvalue weighted by molar-refractivity contribution is 1.11. The van der Waals surface area contributed by atoms with Crippen molar-refractivity contribution in [3.8, 4) is 0 Å². The SMILES string of the molecule is [2H]C(C)CSSC([2H])C([2H])N.[2H]C(C)CSSC([2H])CN.[2H]C(C)CSSCC([2H])N.[2H]C(CC)SSC([2H])C([2H])N.[2H]C(CC)SSC([2H])CN.[2H]C(CN)SSC([2H])C([2H])C.[2H]C(CN)SSCCC.[2H]C(N)C([2H])SSCCC.[2H]C(N)CSSC([2H])CC.[2H]C(N)CSSCCC. The number of rotatable bonds is 50. The molecule has 80 heavy (non-hydrogen) atoms. The normalized spacial score (nSPS) is 21.8. The quantitative estimate of drug-likeness (QED) is 0.0201. The van der Waals surface area contributed by atoms with Gasteiger partial charge in [0.1, 0.15) is 0 Å². The average molecular weight is 1530 g/mol. The van der Waals surface area contributed by atoms with Crippen LogP contribution >= 0.6 is 216 Å². The van der Waals surface area contributed by atoms with Crippen LogP contribution in [0.4, 0.5) is 0 Å². The Morgan fingerprint density at radius 3 is 0.637 bits per heavy atom. The second-order valence-electron chi connectivity index (χ2n) is 12.0. The van der Waals surface area contributed by atoms with Gasteiger partial charge in [-0.3, -0.25) is 0 Å². The first-order valence-corrected chi connectivity index (χ1v) is 48.9. The standard InChI is InChI=1S/10C5H13NS2/c10*1-2-4-7-8-5-3-6/h10*2-6H2,1H3/i3D,4D,5D;2D,4D,5D;2D,3D,5D;4D,5D;3D,5D;3D,4D;2D,5D;2D,3D;5D;3D. The molecule has 0 fully saturated rings. The molecule has 30 heteroatoms. The molecule has 0 rings (SSSR count). The largest absolute Gasteiger partial charge is 0.330 e. The molecule has 0 aromatic carbocycles. The fraction of sp³-hybridized carbons (Fsp3) is 1.00. The first-order chi connectivity index (χ1) is 47.1. The highest BCUT2D eigenvalue weighted by molar-refractivity contribution is 8.79. The van der Waals surface area contributed by atoms with Crippen LogP contribution in [0.1, 0.15) is 162 Å². The Kier molecular flexibility index (Phi) is 115. The van der Waals surface area contributed by atoms with Crippen LogP contribution in [0.3, 0.4) is 0 Å². The molecule has 0 aliphatic rings. The zero-order valence-corrected chi connectivity index (χ0v) is 65.8. The predicted octanol–water partition coefficient (Wildman–Crippen LogP) is 17.4. The Morgan fingerprint density at radius 1 is 0.188 bits per heavy atom. The van der Waals surface area contributed by atoms with E-state index in [0.717, 1.165) is 60.2 Å². The molecule has 20 N–H and O–H groups in total. The first kappa shape index (κ1) is 66.6. The van der Waals surface area contributed by atoms with Gasteiger partial charge in [0.15, 0.2) is 0 Å². The van der Waals surface area contributed by atoms with E-state index in [1.807, 2.05) is 34.6 Å². The van der Waals surface area contributed by atoms with Crippen molar-refractivity contribution in [3.05, 3.63) is 0 Å². The predicted molar refractivity (Wildman–Crippen MR) is 443 cm³/mol. The highest BCUT2D eigenvalue weighted by Gasteiger charge is 1.90. The molecule has 21 unspecified atom stereocenters. The van der Waals surface area contributed by atoms with Gasteiger partial charge in [-0.15, -0.1) is 0 Å². The zero-order chi connectivity index (χ0) is 80.7. The summed E-state index contributed by atoms with van der Waals surface area (Å²) in [5, 5.41) is 0. The molecule has 0 radical (unpaired) electrons. The monoisotopic (exact) mass is 1530 g/mol. The summed E-state index contributed by atoms with van der Waals surface area (Å²) in [7, 11) is 29.5. The molecular formula is C50H130N10S20. The van der Waals surface area contributed by atoms with Crippen molar-refractivity contribution < 1.29 is 28.8 Å². The van der Waals surface area contributed by atoms with Crippen molar-refractivity contribution in [1.29, 1.82) is 0 Å². The van der Waals surface area contributed by atoms with E-state index in [9.17, 15) is 0 Å². The summed E-state index contributed by atoms with van der Waals surface area (Å²) >= 11 is 0. The molecule has 0 aromatic rings. The van der Waals surface area contributed by atoms with Gasteiger partial charge in [0.2, 0.25) is 0 Å². The molecule has 0 amide bonds. The van der Waals surface area contributed by atoms with Crippen LogP contribution < -0.4 is 57.3 Å². The van der Waals surface area contributed by atoms with Crippen molar-refractivity contribution in [2.45, 2.75) is 133 Å². The van der Waals surface area contributed by atoms with Crippen molar-refractivity contribution in [1.82, 2.24) is 0 Å². The van der Waals surface area contributed by atoms with Gasteiger partial charge in [-0.1, -0.05) is 285 Å². The van der Waals surface area contributed by atoms with Gasteiger partial charge >= 0.3 is 0 Å². The second-order valence-corrected chi connectivity index (χ2v) is 35.6. The van der Waals surface area contributed by atoms with Gasteiger partial charge in [-0.05, 0) is 64.1 Å². The molecule has 0 aliphatic carbocycles. The minimum atomic E-state index is -0.864. The third-order valence-electron chi connectivity index (χ3n) is 4.69. The van der Waals surface area contributed by atoms with Gasteiger partial charge in [-0.25, -0.2) is 0 Å². The van der Waals surface area contributed by atoms with E-state index in [4.69, 9.17) is 86.1 Å². The summed E-state index contributed by atoms with van der Waals surface area (Å²) in [6.45, 7) is 17.1. The number of nitrogens with two attached hydrogens (primary N) is 10. The Labute approximate surface area is 609 Å². The Hall–Kier alpha value is 6.60. The molecule has 500 valence electrons. The van der Waals surface area contributed by atoms with E-state index >= 15 is 0 Å². The second kappa shape index (κ2) is 138. The van der Waals surface area contributed by atoms with Crippen molar-refractivity contribution in [3.63, 3.8) is 0 Å². The average Bonchev–Trinajstić information content (AvgIpc) is 2.35. The molecular weight excluding hydrogens is 1380 g/mol. The van der Waals surface area contributed by atoms with Crippen LogP contribution in [0.2, 0.25) is 0 Å². The van der Waals surface area contributed by atoms with E-state index < -0.39 is 68.4 Å². The van der Waals surface area contributed by atoms with E-state index in [1.165, 1.54) is 142 Å². The molecule has 0 aliphatic heterocycles. The van der Waals surface area contributed by atoms with Gasteiger partial charge in [0.25, 0.3) is 0 Å². The first-order valence-electron chi connectivity index (χ1n) is 37.3. The third-order valence-corrected chi connectivity index (χ3v) is 26.2. The number of hydrogen-bond acceptors (Lipinski definition) is 30. The summed E-state index contributed by atoms with van der Waals surface area (Å²) in [5.41, 5.74) is 48.3. The van der Waals surface area contributed by atoms with Crippen LogP contribution in [0, 0.1) is 0 Å². The summed E-state index contributed by atoms with van der Waals surface area (Å²) in [5.74, 6) is 7.61. The van der Waals surface area contributed by atoms with Gasteiger partial charge in [-0.2, -0.15) is 0 Å². The molecule has 0 saturated heterocycles. The molecule has 0 saturated carbocycles. The van der Waals surface area contributed by atoms with E-state index in [1.54, 1.807) is 100 Å². The maximum Gasteiger partial charge on any atom is 0.0434 e. The minimum absolute atomic E-state index is 0.0144. The molecule has 0 aromatic heterocycles. The third kappa shape index (κ3) is 185. The van der Waals surface area contributed by atoms with Gasteiger partial charge in [0, 0.05) is 209 Å². The van der Waals surface area contributed by atoms with Crippen molar-refractivity contribution in [2.24, 2.45) is 57.3 Å². The summed E-state index contributed by atoms with van der Waals surface area (Å²) in [6.07, 6.45) is 5.36. The molecule has 21 atom stereocenters. The van der Waals surface area contributed by atoms with Gasteiger partial charge in [0.05, 0.1) is 0 Å². The van der Waals surface area contributed by atoms with Crippen LogP contribution in [-0.2, 0) is 0 Å². The zero-order valence-electron chi connectivity index (χ0n) is 70.5. The summed E-state index contributed by atoms with van der Waals surface area (Å²) < 4.78 is 150. The van der Waals surface area contributed by atoms with E-state index in [0.29, 0.717) is 43.4 Å². The molecule has 0 spiro atoms. The smallest absolute Gasteiger partial charge is 0.0434 e. The number of hydrogen-bond donors (Lipinski definition) is 10. The van der Waals surface area contributed by atoms with Crippen LogP contribution in [0.15, 0.2) is 0 Å². The van der Waals surface area contributed by atoms with Crippen molar-refractivity contribution in [2.75, 3.05) is 180 Å². The minimum Gasteiger partial charge on any atom is -0.330 e. The highest BCUT2D eigenvalue weighted by atomic mass is 33.1. The van der Waals surface area contributed by atoms with E-state index in [2.05, 4.69) is 20.8 Å². The molecule has 0 bridgehead atoms. The van der Waals surface area contributed by atoms with Crippen LogP contribution in [0.5, 0.6) is 0 Å². The summed E-state index contributed by atoms with van der Waals surface area (Å²) in [6, 6.07) is 0. The van der Waals surface area contributed by atoms with Gasteiger partial charge < -0.3 is 57.3 Å². The topological polar surface area (TPSA) is 260 Å². The fourth-order valence-corrected chi connectivity index (χ4v) is 17.5. The fourth-order valence-electron chi connectivity index (χ4n) is 1.95. The van der Waals surface area contributed by atoms with E-state index in [-0.39, 0.29) is 59.3 Å². The lowest BCUT2D eigenvalue weighted by Gasteiger charge is -1.93.